The molecule has 0 saturated carbocycles. The van der Waals surface area contributed by atoms with Gasteiger partial charge in [-0.3, -0.25) is 4.79 Å². The molecule has 1 aliphatic carbocycles. The Bertz CT molecular complexity index is 267. The number of esters is 1. The summed E-state index contributed by atoms with van der Waals surface area (Å²) in [7, 11) is 0. The van der Waals surface area contributed by atoms with Crippen LogP contribution in [0.25, 0.3) is 0 Å². The lowest BCUT2D eigenvalue weighted by Crippen LogP contribution is -1.97. The van der Waals surface area contributed by atoms with Crippen molar-refractivity contribution >= 4 is 5.97 Å². The zero-order valence-electron chi connectivity index (χ0n) is 7.33. The maximum atomic E-state index is 10.6. The van der Waals surface area contributed by atoms with Crippen molar-refractivity contribution in [3.05, 3.63) is 35.6 Å². The first-order chi connectivity index (χ1) is 5.68. The fraction of sp³-hybridized carbons (Fsp3) is 0.300. The van der Waals surface area contributed by atoms with Crippen LogP contribution >= 0.6 is 0 Å². The first kappa shape index (κ1) is 8.78. The number of carbonyl (C=O) groups is 1. The molecule has 64 valence electrons. The molecule has 0 aromatic rings. The van der Waals surface area contributed by atoms with Gasteiger partial charge in [0.05, 0.1) is 0 Å². The first-order valence-corrected chi connectivity index (χ1v) is 3.91. The molecule has 0 saturated heterocycles. The van der Waals surface area contributed by atoms with Gasteiger partial charge >= 0.3 is 5.97 Å². The molecule has 0 aromatic carbocycles. The van der Waals surface area contributed by atoms with Gasteiger partial charge in [-0.15, -0.1) is 0 Å². The van der Waals surface area contributed by atoms with E-state index in [2.05, 4.69) is 0 Å². The van der Waals surface area contributed by atoms with Crippen LogP contribution in [0.4, 0.5) is 0 Å². The number of hydrogen-bond donors (Lipinski definition) is 0. The minimum Gasteiger partial charge on any atom is -0.431 e. The van der Waals surface area contributed by atoms with Gasteiger partial charge in [-0.05, 0) is 13.0 Å². The van der Waals surface area contributed by atoms with E-state index < -0.39 is 0 Å². The minimum absolute atomic E-state index is 0.261. The number of ether oxygens (including phenoxy) is 1. The summed E-state index contributed by atoms with van der Waals surface area (Å²) in [6.45, 7) is 3.42. The number of allylic oxidation sites excluding steroid dienone is 5. The van der Waals surface area contributed by atoms with Crippen LogP contribution in [-0.2, 0) is 9.53 Å². The highest BCUT2D eigenvalue weighted by Crippen LogP contribution is 2.12. The molecule has 0 atom stereocenters. The molecule has 0 aliphatic heterocycles. The highest BCUT2D eigenvalue weighted by molar-refractivity contribution is 5.67. The average Bonchev–Trinajstić information content (AvgIpc) is 2.15. The van der Waals surface area contributed by atoms with Gasteiger partial charge in [0, 0.05) is 13.3 Å². The summed E-state index contributed by atoms with van der Waals surface area (Å²) in [5.74, 6) is 0.443. The quantitative estimate of drug-likeness (QED) is 0.556. The largest absolute Gasteiger partial charge is 0.431 e. The lowest BCUT2D eigenvalue weighted by Gasteiger charge is -2.01. The van der Waals surface area contributed by atoms with E-state index in [0.717, 1.165) is 0 Å². The van der Waals surface area contributed by atoms with Crippen molar-refractivity contribution in [3.63, 3.8) is 0 Å². The van der Waals surface area contributed by atoms with Crippen molar-refractivity contribution in [1.82, 2.24) is 0 Å². The number of hydrogen-bond acceptors (Lipinski definition) is 2. The average molecular weight is 164 g/mol. The zero-order valence-corrected chi connectivity index (χ0v) is 7.33. The zero-order chi connectivity index (χ0) is 8.97. The Labute approximate surface area is 72.2 Å². The second kappa shape index (κ2) is 3.90. The summed E-state index contributed by atoms with van der Waals surface area (Å²) in [6, 6.07) is 0. The van der Waals surface area contributed by atoms with Gasteiger partial charge in [-0.2, -0.15) is 0 Å². The highest BCUT2D eigenvalue weighted by atomic mass is 16.5. The molecular formula is C10H12O2. The second-order valence-electron chi connectivity index (χ2n) is 2.74. The van der Waals surface area contributed by atoms with E-state index in [1.165, 1.54) is 12.5 Å². The summed E-state index contributed by atoms with van der Waals surface area (Å²) in [5.41, 5.74) is 1.19. The van der Waals surface area contributed by atoms with Crippen LogP contribution in [0, 0.1) is 0 Å². The molecule has 2 nitrogen and oxygen atoms in total. The van der Waals surface area contributed by atoms with E-state index >= 15 is 0 Å². The van der Waals surface area contributed by atoms with Crippen LogP contribution in [0.2, 0.25) is 0 Å². The standard InChI is InChI=1S/C10H12O2/c1-8-4-3-5-10(7-6-8)12-9(2)11/h3-6H,7H2,1-2H3. The van der Waals surface area contributed by atoms with Gasteiger partial charge in [0.15, 0.2) is 0 Å². The Balaban J connectivity index is 2.64. The van der Waals surface area contributed by atoms with Crippen molar-refractivity contribution in [2.24, 2.45) is 0 Å². The van der Waals surface area contributed by atoms with Gasteiger partial charge in [0.25, 0.3) is 0 Å². The van der Waals surface area contributed by atoms with Crippen LogP contribution < -0.4 is 0 Å². The summed E-state index contributed by atoms with van der Waals surface area (Å²) in [6.07, 6.45) is 8.40. The molecule has 2 heteroatoms. The monoisotopic (exact) mass is 164 g/mol. The Morgan fingerprint density at radius 3 is 3.00 bits per heavy atom. The number of carbonyl (C=O) groups excluding carboxylic acids is 1. The minimum atomic E-state index is -0.261. The van der Waals surface area contributed by atoms with E-state index in [0.29, 0.717) is 12.2 Å². The van der Waals surface area contributed by atoms with Crippen LogP contribution in [-0.4, -0.2) is 5.97 Å². The van der Waals surface area contributed by atoms with Crippen molar-refractivity contribution in [2.75, 3.05) is 0 Å². The SMILES string of the molecule is CC(=O)OC1=CC=CC(C)=CC1. The van der Waals surface area contributed by atoms with Crippen LogP contribution in [0.1, 0.15) is 20.3 Å². The molecule has 0 spiro atoms. The van der Waals surface area contributed by atoms with E-state index in [-0.39, 0.29) is 5.97 Å². The molecule has 12 heavy (non-hydrogen) atoms. The maximum Gasteiger partial charge on any atom is 0.307 e. The molecule has 0 amide bonds. The van der Waals surface area contributed by atoms with E-state index in [4.69, 9.17) is 4.74 Å². The van der Waals surface area contributed by atoms with Gasteiger partial charge in [0.1, 0.15) is 5.76 Å². The summed E-state index contributed by atoms with van der Waals surface area (Å²) in [4.78, 5) is 10.6. The van der Waals surface area contributed by atoms with Gasteiger partial charge < -0.3 is 4.74 Å². The van der Waals surface area contributed by atoms with Crippen LogP contribution in [0.3, 0.4) is 0 Å². The Hall–Kier alpha value is -1.31. The summed E-state index contributed by atoms with van der Waals surface area (Å²) >= 11 is 0. The van der Waals surface area contributed by atoms with Crippen LogP contribution in [0.5, 0.6) is 0 Å². The molecule has 1 aliphatic rings. The molecule has 0 fully saturated rings. The predicted molar refractivity (Wildman–Crippen MR) is 47.4 cm³/mol. The lowest BCUT2D eigenvalue weighted by atomic mass is 10.2. The van der Waals surface area contributed by atoms with Crippen molar-refractivity contribution < 1.29 is 9.53 Å². The van der Waals surface area contributed by atoms with Crippen molar-refractivity contribution in [1.29, 1.82) is 0 Å². The van der Waals surface area contributed by atoms with E-state index in [1.807, 2.05) is 31.2 Å². The molecule has 0 bridgehead atoms. The van der Waals surface area contributed by atoms with Crippen LogP contribution in [0.15, 0.2) is 35.6 Å². The van der Waals surface area contributed by atoms with Gasteiger partial charge in [0.2, 0.25) is 0 Å². The maximum absolute atomic E-state index is 10.6. The number of rotatable bonds is 1. The smallest absolute Gasteiger partial charge is 0.307 e. The third kappa shape index (κ3) is 2.74. The molecule has 0 unspecified atom stereocenters. The highest BCUT2D eigenvalue weighted by Gasteiger charge is 2.00. The molecule has 0 heterocycles. The lowest BCUT2D eigenvalue weighted by molar-refractivity contribution is -0.136. The Kier molecular flexibility index (Phi) is 2.86. The van der Waals surface area contributed by atoms with Crippen molar-refractivity contribution in [2.45, 2.75) is 20.3 Å². The predicted octanol–water partition coefficient (Wildman–Crippen LogP) is 2.34. The first-order valence-electron chi connectivity index (χ1n) is 3.91. The molecular weight excluding hydrogens is 152 g/mol. The molecule has 0 N–H and O–H groups in total. The fourth-order valence-electron chi connectivity index (χ4n) is 0.965. The summed E-state index contributed by atoms with van der Waals surface area (Å²) < 4.78 is 4.95. The topological polar surface area (TPSA) is 26.3 Å². The van der Waals surface area contributed by atoms with E-state index in [9.17, 15) is 4.79 Å². The third-order valence-corrected chi connectivity index (χ3v) is 1.54. The van der Waals surface area contributed by atoms with Crippen molar-refractivity contribution in [3.8, 4) is 0 Å². The van der Waals surface area contributed by atoms with Gasteiger partial charge in [-0.25, -0.2) is 0 Å². The fourth-order valence-corrected chi connectivity index (χ4v) is 0.965. The summed E-state index contributed by atoms with van der Waals surface area (Å²) in [5, 5.41) is 0. The third-order valence-electron chi connectivity index (χ3n) is 1.54. The van der Waals surface area contributed by atoms with E-state index in [1.54, 1.807) is 0 Å². The Morgan fingerprint density at radius 2 is 2.33 bits per heavy atom. The Morgan fingerprint density at radius 1 is 1.58 bits per heavy atom. The molecule has 1 rings (SSSR count). The normalized spacial score (nSPS) is 16.2. The molecule has 0 radical (unpaired) electrons. The molecule has 0 aromatic heterocycles. The van der Waals surface area contributed by atoms with Gasteiger partial charge in [-0.1, -0.05) is 23.8 Å². The second-order valence-corrected chi connectivity index (χ2v) is 2.74.